The molecule has 0 aliphatic carbocycles. The van der Waals surface area contributed by atoms with Crippen LogP contribution in [0.1, 0.15) is 48.5 Å². The summed E-state index contributed by atoms with van der Waals surface area (Å²) in [6, 6.07) is 18.1. The van der Waals surface area contributed by atoms with E-state index in [1.807, 2.05) is 53.3 Å². The maximum atomic E-state index is 13.4. The van der Waals surface area contributed by atoms with Gasteiger partial charge in [-0.05, 0) is 43.5 Å². The van der Waals surface area contributed by atoms with E-state index in [0.717, 1.165) is 49.4 Å². The zero-order valence-electron chi connectivity index (χ0n) is 19.7. The first kappa shape index (κ1) is 23.1. The predicted molar refractivity (Wildman–Crippen MR) is 132 cm³/mol. The van der Waals surface area contributed by atoms with Crippen LogP contribution in [0.3, 0.4) is 0 Å². The van der Waals surface area contributed by atoms with Crippen LogP contribution in [-0.2, 0) is 6.54 Å². The molecule has 0 radical (unpaired) electrons. The van der Waals surface area contributed by atoms with Gasteiger partial charge in [0.1, 0.15) is 11.4 Å². The summed E-state index contributed by atoms with van der Waals surface area (Å²) < 4.78 is 7.25. The first-order chi connectivity index (χ1) is 16.2. The molecule has 1 N–H and O–H groups in total. The van der Waals surface area contributed by atoms with Crippen LogP contribution < -0.4 is 10.1 Å². The molecule has 33 heavy (non-hydrogen) atoms. The standard InChI is InChI=1S/C27H34N4O2/c1-3-4-15-30-16-13-23(14-17-30)28-27(32)25-20-31(19-21-9-6-5-7-10-21)29-26(25)22-11-8-12-24(18-22)33-2/h5-12,18,20,23H,3-4,13-17,19H2,1-2H3,(H,28,32). The SMILES string of the molecule is CCCCN1CCC(NC(=O)c2cn(Cc3ccccc3)nc2-c2cccc(OC)c2)CC1. The average Bonchev–Trinajstić information content (AvgIpc) is 3.28. The van der Waals surface area contributed by atoms with Gasteiger partial charge in [-0.25, -0.2) is 0 Å². The molecule has 1 aromatic heterocycles. The van der Waals surface area contributed by atoms with E-state index in [2.05, 4.69) is 29.3 Å². The third-order valence-corrected chi connectivity index (χ3v) is 6.29. The number of nitrogens with one attached hydrogen (secondary N) is 1. The van der Waals surface area contributed by atoms with Crippen LogP contribution in [0.15, 0.2) is 60.8 Å². The lowest BCUT2D eigenvalue weighted by Gasteiger charge is -2.32. The van der Waals surface area contributed by atoms with E-state index in [4.69, 9.17) is 9.84 Å². The van der Waals surface area contributed by atoms with Crippen molar-refractivity contribution in [2.24, 2.45) is 0 Å². The van der Waals surface area contributed by atoms with Gasteiger partial charge in [-0.1, -0.05) is 55.8 Å². The molecule has 1 aliphatic heterocycles. The van der Waals surface area contributed by atoms with Crippen molar-refractivity contribution in [1.82, 2.24) is 20.0 Å². The van der Waals surface area contributed by atoms with Crippen molar-refractivity contribution < 1.29 is 9.53 Å². The van der Waals surface area contributed by atoms with Gasteiger partial charge in [0, 0.05) is 30.9 Å². The third kappa shape index (κ3) is 6.02. The van der Waals surface area contributed by atoms with Gasteiger partial charge < -0.3 is 15.0 Å². The average molecular weight is 447 g/mol. The molecule has 2 aromatic carbocycles. The van der Waals surface area contributed by atoms with Crippen molar-refractivity contribution in [3.8, 4) is 17.0 Å². The zero-order chi connectivity index (χ0) is 23.0. The van der Waals surface area contributed by atoms with E-state index < -0.39 is 0 Å². The molecular formula is C27H34N4O2. The van der Waals surface area contributed by atoms with Crippen LogP contribution in [0, 0.1) is 0 Å². The van der Waals surface area contributed by atoms with E-state index in [1.165, 1.54) is 12.8 Å². The number of unbranched alkanes of at least 4 members (excludes halogenated alkanes) is 1. The number of hydrogen-bond donors (Lipinski definition) is 1. The lowest BCUT2D eigenvalue weighted by molar-refractivity contribution is 0.0911. The molecule has 0 spiro atoms. The van der Waals surface area contributed by atoms with E-state index in [1.54, 1.807) is 7.11 Å². The summed E-state index contributed by atoms with van der Waals surface area (Å²) in [5.41, 5.74) is 3.31. The van der Waals surface area contributed by atoms with Crippen LogP contribution >= 0.6 is 0 Å². The van der Waals surface area contributed by atoms with Gasteiger partial charge in [-0.3, -0.25) is 9.48 Å². The van der Waals surface area contributed by atoms with Gasteiger partial charge in [0.25, 0.3) is 5.91 Å². The molecule has 0 atom stereocenters. The van der Waals surface area contributed by atoms with Gasteiger partial charge >= 0.3 is 0 Å². The highest BCUT2D eigenvalue weighted by atomic mass is 16.5. The molecule has 4 rings (SSSR count). The van der Waals surface area contributed by atoms with Crippen molar-refractivity contribution in [3.05, 3.63) is 71.9 Å². The summed E-state index contributed by atoms with van der Waals surface area (Å²) in [5.74, 6) is 0.690. The minimum absolute atomic E-state index is 0.0564. The summed E-state index contributed by atoms with van der Waals surface area (Å²) in [7, 11) is 1.65. The minimum atomic E-state index is -0.0564. The lowest BCUT2D eigenvalue weighted by atomic mass is 10.0. The molecule has 174 valence electrons. The molecule has 6 nitrogen and oxygen atoms in total. The highest BCUT2D eigenvalue weighted by Crippen LogP contribution is 2.26. The number of carbonyl (C=O) groups is 1. The number of nitrogens with zero attached hydrogens (tertiary/aromatic N) is 3. The predicted octanol–water partition coefficient (Wildman–Crippen LogP) is 4.60. The van der Waals surface area contributed by atoms with Crippen LogP contribution in [0.25, 0.3) is 11.3 Å². The number of likely N-dealkylation sites (tertiary alicyclic amines) is 1. The molecule has 0 bridgehead atoms. The fourth-order valence-electron chi connectivity index (χ4n) is 4.37. The fourth-order valence-corrected chi connectivity index (χ4v) is 4.37. The van der Waals surface area contributed by atoms with Gasteiger partial charge in [-0.15, -0.1) is 0 Å². The Bertz CT molecular complexity index is 1040. The molecule has 1 saturated heterocycles. The number of aromatic nitrogens is 2. The van der Waals surface area contributed by atoms with Crippen molar-refractivity contribution in [2.75, 3.05) is 26.7 Å². The van der Waals surface area contributed by atoms with Gasteiger partial charge in [-0.2, -0.15) is 5.10 Å². The molecule has 0 unspecified atom stereocenters. The van der Waals surface area contributed by atoms with Crippen molar-refractivity contribution in [3.63, 3.8) is 0 Å². The Morgan fingerprint density at radius 2 is 1.91 bits per heavy atom. The summed E-state index contributed by atoms with van der Waals surface area (Å²) in [4.78, 5) is 15.9. The van der Waals surface area contributed by atoms with Crippen LogP contribution in [0.4, 0.5) is 0 Å². The Morgan fingerprint density at radius 3 is 2.64 bits per heavy atom. The number of methoxy groups -OCH3 is 1. The zero-order valence-corrected chi connectivity index (χ0v) is 19.7. The molecule has 6 heteroatoms. The van der Waals surface area contributed by atoms with Gasteiger partial charge in [0.05, 0.1) is 19.2 Å². The Kier molecular flexibility index (Phi) is 7.79. The highest BCUT2D eigenvalue weighted by molar-refractivity contribution is 6.00. The fraction of sp³-hybridized carbons (Fsp3) is 0.407. The molecule has 1 amide bonds. The maximum absolute atomic E-state index is 13.4. The van der Waals surface area contributed by atoms with E-state index in [-0.39, 0.29) is 11.9 Å². The monoisotopic (exact) mass is 446 g/mol. The normalized spacial score (nSPS) is 14.8. The van der Waals surface area contributed by atoms with Gasteiger partial charge in [0.2, 0.25) is 0 Å². The van der Waals surface area contributed by atoms with Crippen molar-refractivity contribution in [2.45, 2.75) is 45.2 Å². The second-order valence-corrected chi connectivity index (χ2v) is 8.75. The van der Waals surface area contributed by atoms with Crippen LogP contribution in [-0.4, -0.2) is 53.4 Å². The summed E-state index contributed by atoms with van der Waals surface area (Å²) in [5, 5.41) is 8.08. The molecule has 1 fully saturated rings. The molecule has 0 saturated carbocycles. The number of rotatable bonds is 9. The Morgan fingerprint density at radius 1 is 1.12 bits per heavy atom. The van der Waals surface area contributed by atoms with Crippen molar-refractivity contribution >= 4 is 5.91 Å². The minimum Gasteiger partial charge on any atom is -0.497 e. The third-order valence-electron chi connectivity index (χ3n) is 6.29. The van der Waals surface area contributed by atoms with E-state index in [0.29, 0.717) is 17.8 Å². The van der Waals surface area contributed by atoms with Crippen LogP contribution in [0.2, 0.25) is 0 Å². The van der Waals surface area contributed by atoms with E-state index in [9.17, 15) is 4.79 Å². The Hall–Kier alpha value is -3.12. The summed E-state index contributed by atoms with van der Waals surface area (Å²) in [6.45, 7) is 6.08. The van der Waals surface area contributed by atoms with Gasteiger partial charge in [0.15, 0.2) is 0 Å². The van der Waals surface area contributed by atoms with E-state index >= 15 is 0 Å². The Labute approximate surface area is 196 Å². The number of ether oxygens (including phenoxy) is 1. The largest absolute Gasteiger partial charge is 0.497 e. The highest BCUT2D eigenvalue weighted by Gasteiger charge is 2.24. The molecule has 1 aliphatic rings. The first-order valence-electron chi connectivity index (χ1n) is 11.9. The smallest absolute Gasteiger partial charge is 0.255 e. The summed E-state index contributed by atoms with van der Waals surface area (Å²) >= 11 is 0. The molecule has 3 aromatic rings. The number of carbonyl (C=O) groups excluding carboxylic acids is 1. The van der Waals surface area contributed by atoms with Crippen LogP contribution in [0.5, 0.6) is 5.75 Å². The molecule has 2 heterocycles. The lowest BCUT2D eigenvalue weighted by Crippen LogP contribution is -2.44. The second-order valence-electron chi connectivity index (χ2n) is 8.75. The maximum Gasteiger partial charge on any atom is 0.255 e. The molecular weight excluding hydrogens is 412 g/mol. The first-order valence-corrected chi connectivity index (χ1v) is 11.9. The number of benzene rings is 2. The quantitative estimate of drug-likeness (QED) is 0.522. The topological polar surface area (TPSA) is 59.4 Å². The number of amides is 1. The Balaban J connectivity index is 1.53. The second kappa shape index (κ2) is 11.1. The number of hydrogen-bond acceptors (Lipinski definition) is 4. The van der Waals surface area contributed by atoms with Crippen molar-refractivity contribution in [1.29, 1.82) is 0 Å². The number of piperidine rings is 1. The summed E-state index contributed by atoms with van der Waals surface area (Å²) in [6.07, 6.45) is 6.30.